The maximum Gasteiger partial charge on any atom is 0.219 e. The largest absolute Gasteiger partial charge is 0.411 e. The SMILES string of the molecule is CC(=O)N1CCCC[C@@H]1C/C(C)=N/O. The van der Waals surface area contributed by atoms with Crippen LogP contribution in [0.2, 0.25) is 0 Å². The summed E-state index contributed by atoms with van der Waals surface area (Å²) < 4.78 is 0. The van der Waals surface area contributed by atoms with E-state index in [1.807, 2.05) is 4.90 Å². The lowest BCUT2D eigenvalue weighted by atomic mass is 9.97. The second kappa shape index (κ2) is 4.98. The Balaban J connectivity index is 2.58. The Morgan fingerprint density at radius 2 is 2.21 bits per heavy atom. The number of carbonyl (C=O) groups excluding carboxylic acids is 1. The van der Waals surface area contributed by atoms with E-state index in [4.69, 9.17) is 5.21 Å². The van der Waals surface area contributed by atoms with Gasteiger partial charge in [-0.25, -0.2) is 0 Å². The van der Waals surface area contributed by atoms with Crippen LogP contribution in [0.25, 0.3) is 0 Å². The Kier molecular flexibility index (Phi) is 3.92. The molecule has 1 rings (SSSR count). The molecule has 14 heavy (non-hydrogen) atoms. The van der Waals surface area contributed by atoms with E-state index in [0.29, 0.717) is 12.1 Å². The minimum atomic E-state index is 0.125. The third-order valence-electron chi connectivity index (χ3n) is 2.73. The van der Waals surface area contributed by atoms with Gasteiger partial charge in [-0.15, -0.1) is 0 Å². The van der Waals surface area contributed by atoms with Crippen molar-refractivity contribution in [1.82, 2.24) is 4.90 Å². The summed E-state index contributed by atoms with van der Waals surface area (Å²) in [6.07, 6.45) is 3.96. The molecule has 1 heterocycles. The second-order valence-corrected chi connectivity index (χ2v) is 3.90. The Morgan fingerprint density at radius 1 is 1.50 bits per heavy atom. The zero-order valence-electron chi connectivity index (χ0n) is 8.86. The Labute approximate surface area is 84.6 Å². The van der Waals surface area contributed by atoms with Crippen LogP contribution in [0.15, 0.2) is 5.16 Å². The lowest BCUT2D eigenvalue weighted by Gasteiger charge is -2.34. The average Bonchev–Trinajstić information content (AvgIpc) is 2.18. The summed E-state index contributed by atoms with van der Waals surface area (Å²) in [6, 6.07) is 0.233. The molecule has 0 aromatic rings. The third kappa shape index (κ3) is 2.72. The lowest BCUT2D eigenvalue weighted by molar-refractivity contribution is -0.132. The molecule has 0 radical (unpaired) electrons. The fourth-order valence-corrected chi connectivity index (χ4v) is 2.01. The second-order valence-electron chi connectivity index (χ2n) is 3.90. The van der Waals surface area contributed by atoms with Gasteiger partial charge in [0.15, 0.2) is 0 Å². The highest BCUT2D eigenvalue weighted by atomic mass is 16.4. The van der Waals surface area contributed by atoms with Crippen LogP contribution >= 0.6 is 0 Å². The minimum absolute atomic E-state index is 0.125. The van der Waals surface area contributed by atoms with Gasteiger partial charge < -0.3 is 10.1 Å². The van der Waals surface area contributed by atoms with E-state index in [-0.39, 0.29) is 11.9 Å². The van der Waals surface area contributed by atoms with E-state index in [0.717, 1.165) is 25.8 Å². The van der Waals surface area contributed by atoms with E-state index in [2.05, 4.69) is 5.16 Å². The van der Waals surface area contributed by atoms with Crippen molar-refractivity contribution in [2.75, 3.05) is 6.54 Å². The fraction of sp³-hybridized carbons (Fsp3) is 0.800. The number of piperidine rings is 1. The quantitative estimate of drug-likeness (QED) is 0.416. The van der Waals surface area contributed by atoms with Crippen molar-refractivity contribution in [2.24, 2.45) is 5.16 Å². The lowest BCUT2D eigenvalue weighted by Crippen LogP contribution is -2.43. The number of oxime groups is 1. The first-order valence-electron chi connectivity index (χ1n) is 5.10. The van der Waals surface area contributed by atoms with Crippen LogP contribution in [-0.2, 0) is 4.79 Å². The molecule has 0 aliphatic carbocycles. The Hall–Kier alpha value is -1.06. The summed E-state index contributed by atoms with van der Waals surface area (Å²) in [4.78, 5) is 13.2. The van der Waals surface area contributed by atoms with E-state index < -0.39 is 0 Å². The minimum Gasteiger partial charge on any atom is -0.411 e. The van der Waals surface area contributed by atoms with Crippen molar-refractivity contribution < 1.29 is 10.0 Å². The summed E-state index contributed by atoms with van der Waals surface area (Å²) in [7, 11) is 0. The average molecular weight is 198 g/mol. The highest BCUT2D eigenvalue weighted by molar-refractivity contribution is 5.82. The van der Waals surface area contributed by atoms with Crippen LogP contribution in [0.4, 0.5) is 0 Å². The zero-order chi connectivity index (χ0) is 10.6. The maximum absolute atomic E-state index is 11.3. The van der Waals surface area contributed by atoms with E-state index in [9.17, 15) is 4.79 Å². The summed E-state index contributed by atoms with van der Waals surface area (Å²) in [6.45, 7) is 4.23. The molecule has 80 valence electrons. The molecule has 4 nitrogen and oxygen atoms in total. The first kappa shape index (κ1) is 11.0. The molecule has 1 amide bonds. The van der Waals surface area contributed by atoms with Crippen LogP contribution < -0.4 is 0 Å². The molecule has 1 aliphatic heterocycles. The van der Waals surface area contributed by atoms with E-state index in [1.54, 1.807) is 13.8 Å². The molecule has 4 heteroatoms. The topological polar surface area (TPSA) is 52.9 Å². The molecule has 1 atom stereocenters. The molecule has 0 unspecified atom stereocenters. The Bertz CT molecular complexity index is 238. The van der Waals surface area contributed by atoms with Crippen LogP contribution in [0.1, 0.15) is 39.5 Å². The summed E-state index contributed by atoms with van der Waals surface area (Å²) >= 11 is 0. The van der Waals surface area contributed by atoms with Crippen LogP contribution in [0, 0.1) is 0 Å². The van der Waals surface area contributed by atoms with E-state index >= 15 is 0 Å². The number of nitrogens with zero attached hydrogens (tertiary/aromatic N) is 2. The van der Waals surface area contributed by atoms with E-state index in [1.165, 1.54) is 0 Å². The predicted octanol–water partition coefficient (Wildman–Crippen LogP) is 1.63. The Morgan fingerprint density at radius 3 is 2.79 bits per heavy atom. The molecular formula is C10H18N2O2. The van der Waals surface area contributed by atoms with Crippen molar-refractivity contribution in [3.8, 4) is 0 Å². The number of likely N-dealkylation sites (tertiary alicyclic amines) is 1. The molecule has 0 bridgehead atoms. The standard InChI is InChI=1S/C10H18N2O2/c1-8(11-14)7-10-5-3-4-6-12(10)9(2)13/h10,14H,3-7H2,1-2H3/b11-8+/t10-/m1/s1. The van der Waals surface area contributed by atoms with Gasteiger partial charge in [-0.3, -0.25) is 4.79 Å². The van der Waals surface area contributed by atoms with Crippen LogP contribution in [0.3, 0.4) is 0 Å². The van der Waals surface area contributed by atoms with Crippen LogP contribution in [0.5, 0.6) is 0 Å². The summed E-state index contributed by atoms with van der Waals surface area (Å²) in [5, 5.41) is 11.7. The highest BCUT2D eigenvalue weighted by Gasteiger charge is 2.24. The molecule has 0 saturated carbocycles. The van der Waals surface area contributed by atoms with Gasteiger partial charge in [0.1, 0.15) is 0 Å². The maximum atomic E-state index is 11.3. The van der Waals surface area contributed by atoms with Crippen molar-refractivity contribution >= 4 is 11.6 Å². The summed E-state index contributed by atoms with van der Waals surface area (Å²) in [5.41, 5.74) is 0.697. The molecule has 1 aliphatic rings. The van der Waals surface area contributed by atoms with Gasteiger partial charge in [-0.2, -0.15) is 0 Å². The number of amides is 1. The predicted molar refractivity (Wildman–Crippen MR) is 54.5 cm³/mol. The smallest absolute Gasteiger partial charge is 0.219 e. The van der Waals surface area contributed by atoms with Gasteiger partial charge in [0.05, 0.1) is 5.71 Å². The van der Waals surface area contributed by atoms with Gasteiger partial charge in [0, 0.05) is 25.9 Å². The van der Waals surface area contributed by atoms with Crippen molar-refractivity contribution in [1.29, 1.82) is 0 Å². The molecular weight excluding hydrogens is 180 g/mol. The molecule has 1 fully saturated rings. The normalized spacial score (nSPS) is 23.7. The van der Waals surface area contributed by atoms with Crippen molar-refractivity contribution in [2.45, 2.75) is 45.6 Å². The first-order chi connectivity index (χ1) is 6.65. The van der Waals surface area contributed by atoms with Crippen molar-refractivity contribution in [3.63, 3.8) is 0 Å². The number of hydrogen-bond donors (Lipinski definition) is 1. The van der Waals surface area contributed by atoms with Gasteiger partial charge >= 0.3 is 0 Å². The monoisotopic (exact) mass is 198 g/mol. The first-order valence-corrected chi connectivity index (χ1v) is 5.10. The molecule has 0 spiro atoms. The number of hydrogen-bond acceptors (Lipinski definition) is 3. The van der Waals surface area contributed by atoms with Gasteiger partial charge in [0.2, 0.25) is 5.91 Å². The van der Waals surface area contributed by atoms with Gasteiger partial charge in [-0.05, 0) is 26.2 Å². The van der Waals surface area contributed by atoms with Crippen molar-refractivity contribution in [3.05, 3.63) is 0 Å². The number of carbonyl (C=O) groups is 1. The zero-order valence-corrected chi connectivity index (χ0v) is 8.86. The number of rotatable bonds is 2. The molecule has 1 saturated heterocycles. The highest BCUT2D eigenvalue weighted by Crippen LogP contribution is 2.20. The molecule has 1 N–H and O–H groups in total. The van der Waals surface area contributed by atoms with Gasteiger partial charge in [-0.1, -0.05) is 5.16 Å². The van der Waals surface area contributed by atoms with Crippen LogP contribution in [-0.4, -0.2) is 34.3 Å². The fourth-order valence-electron chi connectivity index (χ4n) is 2.01. The summed E-state index contributed by atoms with van der Waals surface area (Å²) in [5.74, 6) is 0.125. The molecule has 0 aromatic carbocycles. The third-order valence-corrected chi connectivity index (χ3v) is 2.73. The molecule has 0 aromatic heterocycles. The van der Waals surface area contributed by atoms with Gasteiger partial charge in [0.25, 0.3) is 0 Å².